The van der Waals surface area contributed by atoms with E-state index in [-0.39, 0.29) is 0 Å². The molecule has 0 saturated carbocycles. The Balaban J connectivity index is 1.37. The van der Waals surface area contributed by atoms with E-state index in [0.29, 0.717) is 0 Å². The van der Waals surface area contributed by atoms with Gasteiger partial charge in [-0.1, -0.05) is 86.0 Å². The number of fused-ring (bicyclic) bond motifs is 3. The summed E-state index contributed by atoms with van der Waals surface area (Å²) in [6, 6.07) is 26.1. The normalized spacial score (nSPS) is 18.9. The van der Waals surface area contributed by atoms with Gasteiger partial charge in [-0.05, 0) is 89.1 Å². The molecule has 2 heteroatoms. The van der Waals surface area contributed by atoms with Crippen molar-refractivity contribution in [2.24, 2.45) is 0 Å². The fraction of sp³-hybridized carbons (Fsp3) is 0.111. The zero-order valence-electron chi connectivity index (χ0n) is 21.7. The van der Waals surface area contributed by atoms with E-state index in [0.717, 1.165) is 42.5 Å². The van der Waals surface area contributed by atoms with Crippen LogP contribution in [0.1, 0.15) is 29.7 Å². The van der Waals surface area contributed by atoms with E-state index in [1.54, 1.807) is 0 Å². The van der Waals surface area contributed by atoms with E-state index in [2.05, 4.69) is 138 Å². The summed E-state index contributed by atoms with van der Waals surface area (Å²) in [4.78, 5) is 5.94. The van der Waals surface area contributed by atoms with Gasteiger partial charge in [0, 0.05) is 40.6 Å². The predicted octanol–water partition coefficient (Wildman–Crippen LogP) is 9.27. The van der Waals surface area contributed by atoms with Crippen LogP contribution in [0.4, 0.5) is 5.69 Å². The second-order valence-electron chi connectivity index (χ2n) is 9.98. The number of aromatic nitrogens is 1. The highest BCUT2D eigenvalue weighted by atomic mass is 15.1. The van der Waals surface area contributed by atoms with Crippen molar-refractivity contribution in [3.8, 4) is 11.1 Å². The van der Waals surface area contributed by atoms with Crippen LogP contribution in [0, 0.1) is 0 Å². The fourth-order valence-corrected chi connectivity index (χ4v) is 5.25. The molecule has 6 rings (SSSR count). The van der Waals surface area contributed by atoms with Crippen LogP contribution in [0.3, 0.4) is 0 Å². The number of nitrogens with zero attached hydrogens (tertiary/aromatic N) is 1. The molecule has 0 saturated heterocycles. The molecule has 0 fully saturated rings. The summed E-state index contributed by atoms with van der Waals surface area (Å²) in [7, 11) is 0. The van der Waals surface area contributed by atoms with E-state index in [9.17, 15) is 0 Å². The van der Waals surface area contributed by atoms with Gasteiger partial charge < -0.3 is 9.88 Å². The first kappa shape index (κ1) is 23.8. The minimum atomic E-state index is 0.875. The number of aryl methyl sites for hydroxylation is 1. The maximum atomic E-state index is 4.32. The molecule has 0 unspecified atom stereocenters. The number of hydrogen-bond acceptors (Lipinski definition) is 1. The average Bonchev–Trinajstić information content (AvgIpc) is 3.33. The summed E-state index contributed by atoms with van der Waals surface area (Å²) in [6.45, 7) is 9.46. The first-order chi connectivity index (χ1) is 18.7. The van der Waals surface area contributed by atoms with Gasteiger partial charge in [-0.15, -0.1) is 0 Å². The van der Waals surface area contributed by atoms with Gasteiger partial charge >= 0.3 is 0 Å². The lowest BCUT2D eigenvalue weighted by atomic mass is 9.97. The fourth-order valence-electron chi connectivity index (χ4n) is 5.25. The molecule has 4 aromatic rings. The van der Waals surface area contributed by atoms with Crippen LogP contribution in [-0.2, 0) is 6.42 Å². The molecule has 2 heterocycles. The molecule has 2 aliphatic rings. The summed E-state index contributed by atoms with van der Waals surface area (Å²) in [5, 5.41) is 1.27. The van der Waals surface area contributed by atoms with Crippen molar-refractivity contribution in [3.63, 3.8) is 0 Å². The van der Waals surface area contributed by atoms with Gasteiger partial charge in [-0.3, -0.25) is 0 Å². The Morgan fingerprint density at radius 2 is 1.47 bits per heavy atom. The SMILES string of the molecule is C=C1/C=C\CCN(c2ccc(-c3ccccc3)cc2)/C=C\C(c2ccc3[nH]c4c(c3c2)C=CCC4)=C/C1=C. The molecule has 1 aromatic heterocycles. The lowest BCUT2D eigenvalue weighted by Crippen LogP contribution is -2.16. The van der Waals surface area contributed by atoms with Crippen molar-refractivity contribution in [3.05, 3.63) is 151 Å². The lowest BCUT2D eigenvalue weighted by molar-refractivity contribution is 0.934. The molecule has 0 radical (unpaired) electrons. The first-order valence-corrected chi connectivity index (χ1v) is 13.3. The van der Waals surface area contributed by atoms with Gasteiger partial charge in [0.1, 0.15) is 0 Å². The quantitative estimate of drug-likeness (QED) is 0.302. The number of nitrogens with one attached hydrogen (secondary N) is 1. The maximum Gasteiger partial charge on any atom is 0.0462 e. The van der Waals surface area contributed by atoms with E-state index in [1.165, 1.54) is 44.5 Å². The van der Waals surface area contributed by atoms with Gasteiger partial charge in [-0.25, -0.2) is 0 Å². The average molecular weight is 493 g/mol. The van der Waals surface area contributed by atoms with Crippen molar-refractivity contribution in [1.82, 2.24) is 4.98 Å². The minimum Gasteiger partial charge on any atom is -0.358 e. The third-order valence-corrected chi connectivity index (χ3v) is 7.44. The Kier molecular flexibility index (Phi) is 6.54. The van der Waals surface area contributed by atoms with Crippen LogP contribution in [0.5, 0.6) is 0 Å². The van der Waals surface area contributed by atoms with Crippen LogP contribution in [0.25, 0.3) is 33.7 Å². The summed E-state index contributed by atoms with van der Waals surface area (Å²) >= 11 is 0. The monoisotopic (exact) mass is 492 g/mol. The van der Waals surface area contributed by atoms with Gasteiger partial charge in [0.15, 0.2) is 0 Å². The number of rotatable bonds is 3. The molecule has 186 valence electrons. The Labute approximate surface area is 225 Å². The molecular formula is C36H32N2. The molecule has 0 spiro atoms. The topological polar surface area (TPSA) is 19.0 Å². The highest BCUT2D eigenvalue weighted by Gasteiger charge is 2.13. The molecular weight excluding hydrogens is 460 g/mol. The van der Waals surface area contributed by atoms with Crippen molar-refractivity contribution in [2.75, 3.05) is 11.4 Å². The van der Waals surface area contributed by atoms with Gasteiger partial charge in [-0.2, -0.15) is 0 Å². The molecule has 0 bridgehead atoms. The van der Waals surface area contributed by atoms with E-state index in [1.807, 2.05) is 0 Å². The van der Waals surface area contributed by atoms with Crippen molar-refractivity contribution >= 4 is 28.2 Å². The summed E-state index contributed by atoms with van der Waals surface area (Å²) in [5.41, 5.74) is 11.6. The summed E-state index contributed by atoms with van der Waals surface area (Å²) in [6.07, 6.45) is 18.5. The largest absolute Gasteiger partial charge is 0.358 e. The zero-order chi connectivity index (χ0) is 25.9. The number of allylic oxidation sites excluding steroid dienone is 7. The standard InChI is InChI=1S/C36H32N2/c1-26-10-8-9-22-38(32-18-15-29(16-19-32)28-11-4-3-5-12-28)23-21-31(24-27(26)2)30-17-20-36-34(25-30)33-13-6-7-14-35(33)37-36/h3-6,8,10-13,15-21,23-25,37H,1-2,7,9,14,22H2/b10-8-,23-21-,31-24+. The van der Waals surface area contributed by atoms with Gasteiger partial charge in [0.05, 0.1) is 0 Å². The van der Waals surface area contributed by atoms with Crippen LogP contribution in [0.15, 0.2) is 134 Å². The van der Waals surface area contributed by atoms with Crippen molar-refractivity contribution < 1.29 is 0 Å². The van der Waals surface area contributed by atoms with Gasteiger partial charge in [0.2, 0.25) is 0 Å². The Morgan fingerprint density at radius 3 is 2.32 bits per heavy atom. The predicted molar refractivity (Wildman–Crippen MR) is 164 cm³/mol. The molecule has 1 aliphatic heterocycles. The highest BCUT2D eigenvalue weighted by molar-refractivity contribution is 5.94. The number of aromatic amines is 1. The number of H-pyrrole nitrogens is 1. The molecule has 0 amide bonds. The molecule has 1 aliphatic carbocycles. The second-order valence-corrected chi connectivity index (χ2v) is 9.98. The van der Waals surface area contributed by atoms with Crippen LogP contribution in [-0.4, -0.2) is 11.5 Å². The molecule has 2 nitrogen and oxygen atoms in total. The van der Waals surface area contributed by atoms with Crippen molar-refractivity contribution in [2.45, 2.75) is 19.3 Å². The number of anilines is 1. The Morgan fingerprint density at radius 1 is 0.711 bits per heavy atom. The lowest BCUT2D eigenvalue weighted by Gasteiger charge is -2.21. The van der Waals surface area contributed by atoms with E-state index < -0.39 is 0 Å². The van der Waals surface area contributed by atoms with E-state index >= 15 is 0 Å². The Bertz CT molecular complexity index is 1620. The molecule has 1 N–H and O–H groups in total. The highest BCUT2D eigenvalue weighted by Crippen LogP contribution is 2.32. The smallest absolute Gasteiger partial charge is 0.0462 e. The van der Waals surface area contributed by atoms with Crippen molar-refractivity contribution in [1.29, 1.82) is 0 Å². The summed E-state index contributed by atoms with van der Waals surface area (Å²) in [5.74, 6) is 0. The van der Waals surface area contributed by atoms with E-state index in [4.69, 9.17) is 0 Å². The zero-order valence-corrected chi connectivity index (χ0v) is 21.7. The van der Waals surface area contributed by atoms with Crippen LogP contribution < -0.4 is 4.90 Å². The second kappa shape index (κ2) is 10.4. The first-order valence-electron chi connectivity index (χ1n) is 13.3. The molecule has 38 heavy (non-hydrogen) atoms. The minimum absolute atomic E-state index is 0.875. The third-order valence-electron chi connectivity index (χ3n) is 7.44. The van der Waals surface area contributed by atoms with Gasteiger partial charge in [0.25, 0.3) is 0 Å². The summed E-state index contributed by atoms with van der Waals surface area (Å²) < 4.78 is 0. The maximum absolute atomic E-state index is 4.32. The van der Waals surface area contributed by atoms with Crippen LogP contribution >= 0.6 is 0 Å². The number of hydrogen-bond donors (Lipinski definition) is 1. The number of benzene rings is 3. The van der Waals surface area contributed by atoms with Crippen LogP contribution in [0.2, 0.25) is 0 Å². The Hall–Kier alpha value is -4.56. The molecule has 3 aromatic carbocycles. The third kappa shape index (κ3) is 4.86. The molecule has 0 atom stereocenters.